The van der Waals surface area contributed by atoms with Crippen molar-refractivity contribution in [2.24, 2.45) is 11.8 Å². The van der Waals surface area contributed by atoms with Crippen LogP contribution in [0.2, 0.25) is 0 Å². The molecule has 0 saturated heterocycles. The van der Waals surface area contributed by atoms with Gasteiger partial charge in [-0.05, 0) is 35.4 Å². The SMILES string of the molecule is CC(C)CC(=O)N1CCc2cn(CC(C)C)c3cccc(c23)C1. The molecule has 0 radical (unpaired) electrons. The highest BCUT2D eigenvalue weighted by Crippen LogP contribution is 2.30. The zero-order valence-electron chi connectivity index (χ0n) is 14.8. The highest BCUT2D eigenvalue weighted by molar-refractivity contribution is 5.88. The topological polar surface area (TPSA) is 25.2 Å². The predicted molar refractivity (Wildman–Crippen MR) is 95.4 cm³/mol. The summed E-state index contributed by atoms with van der Waals surface area (Å²) in [6, 6.07) is 6.54. The molecule has 0 spiro atoms. The van der Waals surface area contributed by atoms with Gasteiger partial charge in [0.25, 0.3) is 0 Å². The molecule has 0 fully saturated rings. The van der Waals surface area contributed by atoms with E-state index in [0.29, 0.717) is 18.3 Å². The lowest BCUT2D eigenvalue weighted by atomic mass is 10.1. The summed E-state index contributed by atoms with van der Waals surface area (Å²) in [6.45, 7) is 11.4. The predicted octanol–water partition coefficient (Wildman–Crippen LogP) is 4.23. The molecule has 124 valence electrons. The fraction of sp³-hybridized carbons (Fsp3) is 0.550. The maximum Gasteiger partial charge on any atom is 0.223 e. The van der Waals surface area contributed by atoms with E-state index in [2.05, 4.69) is 56.7 Å². The molecule has 0 N–H and O–H groups in total. The molecule has 2 aromatic rings. The molecular weight excluding hydrogens is 284 g/mol. The van der Waals surface area contributed by atoms with Crippen LogP contribution in [0.5, 0.6) is 0 Å². The van der Waals surface area contributed by atoms with E-state index in [9.17, 15) is 4.79 Å². The maximum absolute atomic E-state index is 12.5. The summed E-state index contributed by atoms with van der Waals surface area (Å²) in [4.78, 5) is 14.5. The van der Waals surface area contributed by atoms with Crippen molar-refractivity contribution < 1.29 is 4.79 Å². The molecule has 2 heterocycles. The summed E-state index contributed by atoms with van der Waals surface area (Å²) in [5.74, 6) is 1.34. The minimum Gasteiger partial charge on any atom is -0.347 e. The van der Waals surface area contributed by atoms with Gasteiger partial charge in [-0.25, -0.2) is 0 Å². The van der Waals surface area contributed by atoms with E-state index in [-0.39, 0.29) is 5.91 Å². The number of amides is 1. The van der Waals surface area contributed by atoms with Crippen molar-refractivity contribution in [3.8, 4) is 0 Å². The van der Waals surface area contributed by atoms with E-state index < -0.39 is 0 Å². The van der Waals surface area contributed by atoms with Crippen LogP contribution in [0.1, 0.15) is 45.2 Å². The smallest absolute Gasteiger partial charge is 0.223 e. The molecule has 1 aliphatic heterocycles. The van der Waals surface area contributed by atoms with Crippen molar-refractivity contribution in [1.82, 2.24) is 9.47 Å². The molecule has 0 aliphatic carbocycles. The van der Waals surface area contributed by atoms with Crippen molar-refractivity contribution in [2.45, 2.75) is 53.6 Å². The molecule has 3 nitrogen and oxygen atoms in total. The Bertz CT molecular complexity index is 712. The highest BCUT2D eigenvalue weighted by atomic mass is 16.2. The third-order valence-corrected chi connectivity index (χ3v) is 4.58. The first-order valence-electron chi connectivity index (χ1n) is 8.83. The first kappa shape index (κ1) is 16.1. The van der Waals surface area contributed by atoms with Crippen LogP contribution in [0, 0.1) is 11.8 Å². The number of nitrogens with zero attached hydrogens (tertiary/aromatic N) is 2. The summed E-state index contributed by atoms with van der Waals surface area (Å²) >= 11 is 0. The van der Waals surface area contributed by atoms with Gasteiger partial charge in [-0.2, -0.15) is 0 Å². The van der Waals surface area contributed by atoms with Gasteiger partial charge in [0.1, 0.15) is 0 Å². The molecule has 23 heavy (non-hydrogen) atoms. The van der Waals surface area contributed by atoms with Crippen LogP contribution >= 0.6 is 0 Å². The van der Waals surface area contributed by atoms with Gasteiger partial charge >= 0.3 is 0 Å². The van der Waals surface area contributed by atoms with Crippen molar-refractivity contribution in [1.29, 1.82) is 0 Å². The van der Waals surface area contributed by atoms with Gasteiger partial charge in [0.05, 0.1) is 0 Å². The van der Waals surface area contributed by atoms with E-state index in [4.69, 9.17) is 0 Å². The molecular formula is C20H28N2O. The molecule has 1 amide bonds. The number of carbonyl (C=O) groups excluding carboxylic acids is 1. The normalized spacial score (nSPS) is 14.8. The van der Waals surface area contributed by atoms with Crippen molar-refractivity contribution in [2.75, 3.05) is 6.54 Å². The Labute approximate surface area is 139 Å². The Balaban J connectivity index is 1.95. The summed E-state index contributed by atoms with van der Waals surface area (Å²) in [7, 11) is 0. The van der Waals surface area contributed by atoms with Gasteiger partial charge in [-0.3, -0.25) is 4.79 Å². The summed E-state index contributed by atoms with van der Waals surface area (Å²) in [5.41, 5.74) is 4.02. The number of benzene rings is 1. The second kappa shape index (κ2) is 6.38. The zero-order chi connectivity index (χ0) is 16.6. The van der Waals surface area contributed by atoms with E-state index in [0.717, 1.165) is 26.1 Å². The van der Waals surface area contributed by atoms with E-state index >= 15 is 0 Å². The first-order chi connectivity index (χ1) is 11.0. The molecule has 0 unspecified atom stereocenters. The number of rotatable bonds is 4. The quantitative estimate of drug-likeness (QED) is 0.829. The molecule has 3 rings (SSSR count). The molecule has 1 aromatic heterocycles. The van der Waals surface area contributed by atoms with Crippen molar-refractivity contribution in [3.63, 3.8) is 0 Å². The number of carbonyl (C=O) groups is 1. The Morgan fingerprint density at radius 2 is 1.91 bits per heavy atom. The van der Waals surface area contributed by atoms with Crippen LogP contribution in [-0.2, 0) is 24.3 Å². The second-order valence-electron chi connectivity index (χ2n) is 7.68. The lowest BCUT2D eigenvalue weighted by molar-refractivity contribution is -0.132. The minimum atomic E-state index is 0.289. The Hall–Kier alpha value is -1.77. The van der Waals surface area contributed by atoms with Crippen LogP contribution in [-0.4, -0.2) is 21.9 Å². The van der Waals surface area contributed by atoms with Crippen LogP contribution in [0.4, 0.5) is 0 Å². The maximum atomic E-state index is 12.5. The summed E-state index contributed by atoms with van der Waals surface area (Å²) in [6.07, 6.45) is 3.92. The fourth-order valence-electron chi connectivity index (χ4n) is 3.62. The Morgan fingerprint density at radius 1 is 1.13 bits per heavy atom. The zero-order valence-corrected chi connectivity index (χ0v) is 14.8. The first-order valence-corrected chi connectivity index (χ1v) is 8.83. The van der Waals surface area contributed by atoms with Crippen LogP contribution < -0.4 is 0 Å². The third kappa shape index (κ3) is 3.29. The van der Waals surface area contributed by atoms with Gasteiger partial charge in [-0.1, -0.05) is 39.8 Å². The number of hydrogen-bond acceptors (Lipinski definition) is 1. The molecule has 1 aromatic carbocycles. The van der Waals surface area contributed by atoms with E-state index in [1.165, 1.54) is 22.0 Å². The molecule has 0 bridgehead atoms. The highest BCUT2D eigenvalue weighted by Gasteiger charge is 2.22. The molecule has 3 heteroatoms. The Kier molecular flexibility index (Phi) is 4.47. The average Bonchev–Trinajstić information content (AvgIpc) is 2.69. The minimum absolute atomic E-state index is 0.289. The van der Waals surface area contributed by atoms with Crippen LogP contribution in [0.15, 0.2) is 24.4 Å². The third-order valence-electron chi connectivity index (χ3n) is 4.58. The largest absolute Gasteiger partial charge is 0.347 e. The van der Waals surface area contributed by atoms with Gasteiger partial charge in [0.2, 0.25) is 5.91 Å². The lowest BCUT2D eigenvalue weighted by Gasteiger charge is -2.22. The van der Waals surface area contributed by atoms with Crippen LogP contribution in [0.25, 0.3) is 10.9 Å². The second-order valence-corrected chi connectivity index (χ2v) is 7.68. The van der Waals surface area contributed by atoms with E-state index in [1.807, 2.05) is 4.90 Å². The molecule has 0 saturated carbocycles. The van der Waals surface area contributed by atoms with Crippen molar-refractivity contribution in [3.05, 3.63) is 35.5 Å². The van der Waals surface area contributed by atoms with Crippen LogP contribution in [0.3, 0.4) is 0 Å². The monoisotopic (exact) mass is 312 g/mol. The average molecular weight is 312 g/mol. The molecule has 1 aliphatic rings. The number of aromatic nitrogens is 1. The van der Waals surface area contributed by atoms with Gasteiger partial charge < -0.3 is 9.47 Å². The van der Waals surface area contributed by atoms with E-state index in [1.54, 1.807) is 0 Å². The van der Waals surface area contributed by atoms with Gasteiger partial charge in [-0.15, -0.1) is 0 Å². The van der Waals surface area contributed by atoms with Crippen molar-refractivity contribution >= 4 is 16.8 Å². The fourth-order valence-corrected chi connectivity index (χ4v) is 3.62. The van der Waals surface area contributed by atoms with Gasteiger partial charge in [0, 0.05) is 43.2 Å². The Morgan fingerprint density at radius 3 is 2.61 bits per heavy atom. The standard InChI is InChI=1S/C20H28N2O/c1-14(2)10-19(23)21-9-8-17-13-22(11-15(3)4)18-7-5-6-16(12-21)20(17)18/h5-7,13-15H,8-12H2,1-4H3. The lowest BCUT2D eigenvalue weighted by Crippen LogP contribution is -2.32. The summed E-state index contributed by atoms with van der Waals surface area (Å²) in [5, 5.41) is 1.38. The molecule has 0 atom stereocenters. The number of hydrogen-bond donors (Lipinski definition) is 0. The summed E-state index contributed by atoms with van der Waals surface area (Å²) < 4.78 is 2.39. The van der Waals surface area contributed by atoms with Gasteiger partial charge in [0.15, 0.2) is 0 Å².